The highest BCUT2D eigenvalue weighted by atomic mass is 32.2. The average molecular weight is 499 g/mol. The molecule has 0 radical (unpaired) electrons. The number of hydrogen-bond acceptors (Lipinski definition) is 5. The van der Waals surface area contributed by atoms with Crippen LogP contribution in [0.15, 0.2) is 48.5 Å². The van der Waals surface area contributed by atoms with Gasteiger partial charge in [0.05, 0.1) is 36.6 Å². The van der Waals surface area contributed by atoms with Crippen molar-refractivity contribution in [3.8, 4) is 0 Å². The molecule has 7 nitrogen and oxygen atoms in total. The zero-order chi connectivity index (χ0) is 24.7. The summed E-state index contributed by atoms with van der Waals surface area (Å²) in [6, 6.07) is 13.3. The largest absolute Gasteiger partial charge is 0.466 e. The number of nitrogens with zero attached hydrogens (tertiary/aromatic N) is 2. The summed E-state index contributed by atoms with van der Waals surface area (Å²) in [5.74, 6) is -0.966. The molecule has 184 valence electrons. The normalized spacial score (nSPS) is 28.0. The number of nitrogens with one attached hydrogen (secondary N) is 1. The van der Waals surface area contributed by atoms with Crippen molar-refractivity contribution in [2.24, 2.45) is 5.92 Å². The lowest BCUT2D eigenvalue weighted by molar-refractivity contribution is -0.904. The van der Waals surface area contributed by atoms with Gasteiger partial charge in [-0.05, 0) is 44.2 Å². The van der Waals surface area contributed by atoms with E-state index in [0.717, 1.165) is 37.2 Å². The number of ether oxygens (including phenoxy) is 1. The number of thioether (sulfide) groups is 1. The van der Waals surface area contributed by atoms with Gasteiger partial charge in [0.1, 0.15) is 5.82 Å². The Morgan fingerprint density at radius 2 is 1.83 bits per heavy atom. The molecule has 3 aliphatic heterocycles. The summed E-state index contributed by atoms with van der Waals surface area (Å²) in [6.45, 7) is 5.97. The van der Waals surface area contributed by atoms with Crippen molar-refractivity contribution in [3.63, 3.8) is 0 Å². The van der Waals surface area contributed by atoms with Gasteiger partial charge in [0.15, 0.2) is 6.67 Å². The molecule has 1 spiro atoms. The maximum Gasteiger partial charge on any atom is 0.309 e. The predicted octanol–water partition coefficient (Wildman–Crippen LogP) is 2.31. The number of likely N-dealkylation sites (tertiary alicyclic amines) is 1. The average Bonchev–Trinajstić information content (AvgIpc) is 3.26. The van der Waals surface area contributed by atoms with E-state index in [1.807, 2.05) is 38.1 Å². The van der Waals surface area contributed by atoms with E-state index in [-0.39, 0.29) is 23.7 Å². The van der Waals surface area contributed by atoms with Crippen LogP contribution in [0.25, 0.3) is 0 Å². The van der Waals surface area contributed by atoms with Gasteiger partial charge in [0, 0.05) is 24.1 Å². The lowest BCUT2D eigenvalue weighted by Crippen LogP contribution is -3.14. The molecule has 5 rings (SSSR count). The monoisotopic (exact) mass is 498 g/mol. The van der Waals surface area contributed by atoms with Gasteiger partial charge in [0.2, 0.25) is 10.8 Å². The Hall–Kier alpha value is -2.91. The SMILES string of the molecule is CCOC(=O)C1CC[NH+](CN2C(=O)C3(SC(C)C(=O)N3c3ccc(F)cc3)c3ccccc32)CC1. The number of carbonyl (C=O) groups is 3. The van der Waals surface area contributed by atoms with Gasteiger partial charge in [-0.25, -0.2) is 4.39 Å². The number of para-hydroxylation sites is 1. The molecule has 2 amide bonds. The number of halogens is 1. The Labute approximate surface area is 208 Å². The van der Waals surface area contributed by atoms with Crippen LogP contribution in [-0.4, -0.2) is 49.4 Å². The first-order valence-electron chi connectivity index (χ1n) is 12.1. The van der Waals surface area contributed by atoms with Crippen LogP contribution in [0.1, 0.15) is 32.3 Å². The minimum Gasteiger partial charge on any atom is -0.466 e. The number of esters is 1. The van der Waals surface area contributed by atoms with Crippen LogP contribution in [-0.2, 0) is 24.0 Å². The molecular weight excluding hydrogens is 469 g/mol. The number of anilines is 2. The third-order valence-electron chi connectivity index (χ3n) is 7.10. The number of benzene rings is 2. The van der Waals surface area contributed by atoms with E-state index in [1.54, 1.807) is 21.9 Å². The van der Waals surface area contributed by atoms with E-state index in [9.17, 15) is 18.8 Å². The molecule has 9 heteroatoms. The zero-order valence-corrected chi connectivity index (χ0v) is 20.6. The van der Waals surface area contributed by atoms with Crippen LogP contribution in [0.2, 0.25) is 0 Å². The molecular formula is C26H29FN3O4S+. The van der Waals surface area contributed by atoms with Gasteiger partial charge in [-0.3, -0.25) is 24.2 Å². The summed E-state index contributed by atoms with van der Waals surface area (Å²) < 4.78 is 18.8. The third kappa shape index (κ3) is 3.90. The Morgan fingerprint density at radius 1 is 1.14 bits per heavy atom. The van der Waals surface area contributed by atoms with Crippen LogP contribution < -0.4 is 14.7 Å². The van der Waals surface area contributed by atoms with Crippen molar-refractivity contribution >= 4 is 40.9 Å². The maximum atomic E-state index is 14.2. The van der Waals surface area contributed by atoms with Gasteiger partial charge >= 0.3 is 5.97 Å². The summed E-state index contributed by atoms with van der Waals surface area (Å²) in [4.78, 5) is 43.0. The fourth-order valence-electron chi connectivity index (χ4n) is 5.39. The van der Waals surface area contributed by atoms with E-state index in [4.69, 9.17) is 4.74 Å². The van der Waals surface area contributed by atoms with Crippen LogP contribution in [0.5, 0.6) is 0 Å². The molecule has 2 aromatic rings. The second kappa shape index (κ2) is 9.28. The van der Waals surface area contributed by atoms with Crippen molar-refractivity contribution in [1.29, 1.82) is 0 Å². The highest BCUT2D eigenvalue weighted by Crippen LogP contribution is 2.57. The molecule has 0 saturated carbocycles. The number of quaternary nitrogens is 1. The highest BCUT2D eigenvalue weighted by Gasteiger charge is 2.63. The summed E-state index contributed by atoms with van der Waals surface area (Å²) in [7, 11) is 0. The standard InChI is InChI=1S/C26H28FN3O4S/c1-3-34-24(32)18-12-14-28(15-13-18)16-29-22-7-5-4-6-21(22)26(25(29)33)30(23(31)17(2)35-26)20-10-8-19(27)9-11-20/h4-11,17-18H,3,12-16H2,1-2H3/p+1. The number of hydrogen-bond donors (Lipinski definition) is 1. The van der Waals surface area contributed by atoms with Gasteiger partial charge in [-0.1, -0.05) is 18.2 Å². The van der Waals surface area contributed by atoms with Crippen molar-refractivity contribution in [1.82, 2.24) is 0 Å². The molecule has 3 aliphatic rings. The number of rotatable bonds is 5. The first kappa shape index (κ1) is 23.8. The molecule has 0 aromatic heterocycles. The molecule has 2 aromatic carbocycles. The van der Waals surface area contributed by atoms with Crippen molar-refractivity contribution < 1.29 is 28.4 Å². The van der Waals surface area contributed by atoms with Crippen LogP contribution in [0.4, 0.5) is 15.8 Å². The Kier molecular flexibility index (Phi) is 6.31. The van der Waals surface area contributed by atoms with E-state index in [1.165, 1.54) is 28.8 Å². The second-order valence-corrected chi connectivity index (χ2v) is 10.8. The highest BCUT2D eigenvalue weighted by molar-refractivity contribution is 8.03. The fraction of sp³-hybridized carbons (Fsp3) is 0.423. The zero-order valence-electron chi connectivity index (χ0n) is 19.8. The van der Waals surface area contributed by atoms with E-state index in [0.29, 0.717) is 19.0 Å². The smallest absolute Gasteiger partial charge is 0.309 e. The van der Waals surface area contributed by atoms with Crippen LogP contribution >= 0.6 is 11.8 Å². The molecule has 3 heterocycles. The van der Waals surface area contributed by atoms with Gasteiger partial charge in [0.25, 0.3) is 5.91 Å². The quantitative estimate of drug-likeness (QED) is 0.641. The van der Waals surface area contributed by atoms with Crippen LogP contribution in [0, 0.1) is 11.7 Å². The Morgan fingerprint density at radius 3 is 2.51 bits per heavy atom. The molecule has 2 fully saturated rings. The second-order valence-electron chi connectivity index (χ2n) is 9.24. The molecule has 0 aliphatic carbocycles. The first-order valence-corrected chi connectivity index (χ1v) is 12.9. The van der Waals surface area contributed by atoms with Crippen molar-refractivity contribution in [2.45, 2.75) is 36.8 Å². The number of amides is 2. The first-order chi connectivity index (χ1) is 16.9. The van der Waals surface area contributed by atoms with E-state index in [2.05, 4.69) is 0 Å². The van der Waals surface area contributed by atoms with E-state index < -0.39 is 15.9 Å². The third-order valence-corrected chi connectivity index (χ3v) is 8.58. The van der Waals surface area contributed by atoms with Gasteiger partial charge < -0.3 is 9.64 Å². The van der Waals surface area contributed by atoms with Gasteiger partial charge in [-0.2, -0.15) is 0 Å². The van der Waals surface area contributed by atoms with Gasteiger partial charge in [-0.15, -0.1) is 11.8 Å². The lowest BCUT2D eigenvalue weighted by atomic mass is 9.97. The van der Waals surface area contributed by atoms with E-state index >= 15 is 0 Å². The number of piperidine rings is 1. The Balaban J connectivity index is 1.45. The molecule has 35 heavy (non-hydrogen) atoms. The molecule has 1 N–H and O–H groups in total. The molecule has 2 unspecified atom stereocenters. The minimum absolute atomic E-state index is 0.0931. The molecule has 2 atom stereocenters. The topological polar surface area (TPSA) is 71.4 Å². The number of carbonyl (C=O) groups excluding carboxylic acids is 3. The maximum absolute atomic E-state index is 14.2. The summed E-state index contributed by atoms with van der Waals surface area (Å²) in [6.07, 6.45) is 1.43. The van der Waals surface area contributed by atoms with Crippen LogP contribution in [0.3, 0.4) is 0 Å². The predicted molar refractivity (Wildman–Crippen MR) is 131 cm³/mol. The lowest BCUT2D eigenvalue weighted by Gasteiger charge is -2.34. The fourth-order valence-corrected chi connectivity index (χ4v) is 6.92. The van der Waals surface area contributed by atoms with Crippen molar-refractivity contribution in [2.75, 3.05) is 36.2 Å². The summed E-state index contributed by atoms with van der Waals surface area (Å²) in [5.41, 5.74) is 2.07. The minimum atomic E-state index is -1.23. The number of fused-ring (bicyclic) bond motifs is 2. The summed E-state index contributed by atoms with van der Waals surface area (Å²) in [5, 5.41) is -0.426. The Bertz CT molecular complexity index is 1150. The van der Waals surface area contributed by atoms with Crippen molar-refractivity contribution in [3.05, 3.63) is 59.9 Å². The summed E-state index contributed by atoms with van der Waals surface area (Å²) >= 11 is 1.34. The molecule has 0 bridgehead atoms. The molecule has 2 saturated heterocycles.